The van der Waals surface area contributed by atoms with E-state index >= 15 is 0 Å². The Labute approximate surface area is 165 Å². The third kappa shape index (κ3) is 5.01. The molecule has 2 heterocycles. The van der Waals surface area contributed by atoms with Crippen molar-refractivity contribution in [2.75, 3.05) is 39.4 Å². The fourth-order valence-electron chi connectivity index (χ4n) is 3.71. The second-order valence-corrected chi connectivity index (χ2v) is 7.49. The van der Waals surface area contributed by atoms with E-state index in [2.05, 4.69) is 22.5 Å². The number of carbonyl (C=O) groups is 2. The number of aliphatic imine (C=N–C) groups is 1. The average Bonchev–Trinajstić information content (AvgIpc) is 3.33. The van der Waals surface area contributed by atoms with Gasteiger partial charge in [-0.15, -0.1) is 0 Å². The van der Waals surface area contributed by atoms with Gasteiger partial charge in [0, 0.05) is 37.2 Å². The normalized spacial score (nSPS) is 21.9. The van der Waals surface area contributed by atoms with Crippen molar-refractivity contribution in [3.05, 3.63) is 35.4 Å². The van der Waals surface area contributed by atoms with Gasteiger partial charge in [-0.2, -0.15) is 0 Å². The summed E-state index contributed by atoms with van der Waals surface area (Å²) in [4.78, 5) is 29.8. The van der Waals surface area contributed by atoms with Gasteiger partial charge < -0.3 is 26.0 Å². The van der Waals surface area contributed by atoms with E-state index in [1.807, 2.05) is 12.1 Å². The summed E-state index contributed by atoms with van der Waals surface area (Å²) in [6.07, 6.45) is 2.27. The maximum Gasteiger partial charge on any atom is 0.251 e. The molecular weight excluding hydrogens is 358 g/mol. The molecule has 1 spiro atoms. The van der Waals surface area contributed by atoms with E-state index in [1.54, 1.807) is 12.1 Å². The van der Waals surface area contributed by atoms with Crippen LogP contribution in [0.2, 0.25) is 0 Å². The number of carbonyl (C=O) groups excluding carboxylic acids is 2. The zero-order valence-electron chi connectivity index (χ0n) is 16.4. The first kappa shape index (κ1) is 20.1. The van der Waals surface area contributed by atoms with E-state index in [1.165, 1.54) is 0 Å². The van der Waals surface area contributed by atoms with Gasteiger partial charge in [-0.1, -0.05) is 12.1 Å². The number of rotatable bonds is 6. The number of nitrogens with zero attached hydrogens (tertiary/aromatic N) is 2. The van der Waals surface area contributed by atoms with Crippen LogP contribution in [0.5, 0.6) is 0 Å². The van der Waals surface area contributed by atoms with Crippen LogP contribution in [-0.4, -0.2) is 62.1 Å². The molecule has 4 N–H and O–H groups in total. The molecule has 2 saturated heterocycles. The summed E-state index contributed by atoms with van der Waals surface area (Å²) in [6, 6.07) is 7.22. The van der Waals surface area contributed by atoms with Crippen molar-refractivity contribution in [1.82, 2.24) is 15.5 Å². The Bertz CT molecular complexity index is 726. The summed E-state index contributed by atoms with van der Waals surface area (Å²) >= 11 is 0. The number of hydrogen-bond acceptors (Lipinski definition) is 4. The monoisotopic (exact) mass is 387 g/mol. The predicted molar refractivity (Wildman–Crippen MR) is 107 cm³/mol. The van der Waals surface area contributed by atoms with Gasteiger partial charge in [0.1, 0.15) is 0 Å². The van der Waals surface area contributed by atoms with Gasteiger partial charge in [0.05, 0.1) is 19.7 Å². The molecule has 1 aromatic rings. The summed E-state index contributed by atoms with van der Waals surface area (Å²) in [7, 11) is 0. The Morgan fingerprint density at radius 3 is 2.68 bits per heavy atom. The molecule has 0 radical (unpaired) electrons. The molecule has 28 heavy (non-hydrogen) atoms. The standard InChI is InChI=1S/C20H29N5O3/c1-2-22-19(25-9-7-20(13-25)8-10-28-14-20)24-11-15-3-5-16(6-4-15)18(27)23-12-17(21)26/h3-6H,2,7-14H2,1H3,(H2,21,26)(H,22,24)(H,23,27). The number of primary amides is 1. The van der Waals surface area contributed by atoms with Gasteiger partial charge in [-0.3, -0.25) is 9.59 Å². The Morgan fingerprint density at radius 2 is 2.04 bits per heavy atom. The lowest BCUT2D eigenvalue weighted by molar-refractivity contribution is -0.117. The number of nitrogens with two attached hydrogens (primary N) is 1. The SMILES string of the molecule is CCNC(=NCc1ccc(C(=O)NCC(N)=O)cc1)N1CCC2(CCOC2)C1. The largest absolute Gasteiger partial charge is 0.381 e. The van der Waals surface area contributed by atoms with Crippen molar-refractivity contribution < 1.29 is 14.3 Å². The molecule has 8 heteroatoms. The molecular formula is C20H29N5O3. The van der Waals surface area contributed by atoms with Crippen LogP contribution in [0.1, 0.15) is 35.7 Å². The van der Waals surface area contributed by atoms with Crippen LogP contribution in [0.4, 0.5) is 0 Å². The first-order valence-electron chi connectivity index (χ1n) is 9.78. The molecule has 8 nitrogen and oxygen atoms in total. The minimum absolute atomic E-state index is 0.167. The molecule has 0 aromatic heterocycles. The summed E-state index contributed by atoms with van der Waals surface area (Å²) in [5.74, 6) is 0.0426. The Kier molecular flexibility index (Phi) is 6.51. The lowest BCUT2D eigenvalue weighted by Gasteiger charge is -2.25. The summed E-state index contributed by atoms with van der Waals surface area (Å²) in [5.41, 5.74) is 6.83. The number of likely N-dealkylation sites (tertiary alicyclic amines) is 1. The maximum atomic E-state index is 11.9. The molecule has 1 aromatic carbocycles. The molecule has 2 aliphatic heterocycles. The lowest BCUT2D eigenvalue weighted by atomic mass is 9.87. The van der Waals surface area contributed by atoms with E-state index in [0.29, 0.717) is 12.1 Å². The molecule has 3 rings (SSSR count). The third-order valence-electron chi connectivity index (χ3n) is 5.31. The van der Waals surface area contributed by atoms with Crippen molar-refractivity contribution in [1.29, 1.82) is 0 Å². The number of nitrogens with one attached hydrogen (secondary N) is 2. The molecule has 2 fully saturated rings. The number of guanidine groups is 1. The van der Waals surface area contributed by atoms with Crippen LogP contribution < -0.4 is 16.4 Å². The Morgan fingerprint density at radius 1 is 1.25 bits per heavy atom. The van der Waals surface area contributed by atoms with Crippen molar-refractivity contribution in [2.45, 2.75) is 26.3 Å². The van der Waals surface area contributed by atoms with Gasteiger partial charge in [0.25, 0.3) is 5.91 Å². The van der Waals surface area contributed by atoms with Crippen LogP contribution in [0.3, 0.4) is 0 Å². The zero-order valence-corrected chi connectivity index (χ0v) is 16.4. The van der Waals surface area contributed by atoms with Gasteiger partial charge in [-0.25, -0.2) is 4.99 Å². The number of benzene rings is 1. The highest BCUT2D eigenvalue weighted by Crippen LogP contribution is 2.38. The van der Waals surface area contributed by atoms with Crippen LogP contribution in [0, 0.1) is 5.41 Å². The van der Waals surface area contributed by atoms with E-state index in [4.69, 9.17) is 15.5 Å². The molecule has 0 aliphatic carbocycles. The fourth-order valence-corrected chi connectivity index (χ4v) is 3.71. The number of amides is 2. The Hall–Kier alpha value is -2.61. The van der Waals surface area contributed by atoms with Crippen molar-refractivity contribution in [3.8, 4) is 0 Å². The average molecular weight is 387 g/mol. The quantitative estimate of drug-likeness (QED) is 0.486. The number of ether oxygens (including phenoxy) is 1. The molecule has 152 valence electrons. The topological polar surface area (TPSA) is 109 Å². The van der Waals surface area contributed by atoms with Gasteiger partial charge in [0.15, 0.2) is 5.96 Å². The first-order valence-corrected chi connectivity index (χ1v) is 9.78. The highest BCUT2D eigenvalue weighted by molar-refractivity contribution is 5.96. The van der Waals surface area contributed by atoms with E-state index in [-0.39, 0.29) is 17.9 Å². The van der Waals surface area contributed by atoms with E-state index in [9.17, 15) is 9.59 Å². The fraction of sp³-hybridized carbons (Fsp3) is 0.550. The predicted octanol–water partition coefficient (Wildman–Crippen LogP) is 0.480. The molecule has 0 bridgehead atoms. The second kappa shape index (κ2) is 9.05. The zero-order chi connectivity index (χ0) is 20.0. The molecule has 0 saturated carbocycles. The summed E-state index contributed by atoms with van der Waals surface area (Å²) < 4.78 is 5.62. The minimum Gasteiger partial charge on any atom is -0.381 e. The van der Waals surface area contributed by atoms with Crippen LogP contribution >= 0.6 is 0 Å². The molecule has 2 amide bonds. The van der Waals surface area contributed by atoms with Crippen LogP contribution in [0.15, 0.2) is 29.3 Å². The summed E-state index contributed by atoms with van der Waals surface area (Å²) in [5, 5.41) is 5.86. The summed E-state index contributed by atoms with van der Waals surface area (Å²) in [6.45, 7) is 6.94. The highest BCUT2D eigenvalue weighted by Gasteiger charge is 2.42. The maximum absolute atomic E-state index is 11.9. The van der Waals surface area contributed by atoms with E-state index in [0.717, 1.165) is 57.2 Å². The van der Waals surface area contributed by atoms with Crippen molar-refractivity contribution in [2.24, 2.45) is 16.1 Å². The van der Waals surface area contributed by atoms with Crippen molar-refractivity contribution in [3.63, 3.8) is 0 Å². The first-order chi connectivity index (χ1) is 13.5. The van der Waals surface area contributed by atoms with Gasteiger partial charge >= 0.3 is 0 Å². The third-order valence-corrected chi connectivity index (χ3v) is 5.31. The molecule has 1 atom stereocenters. The lowest BCUT2D eigenvalue weighted by Crippen LogP contribution is -2.41. The second-order valence-electron chi connectivity index (χ2n) is 7.49. The smallest absolute Gasteiger partial charge is 0.251 e. The minimum atomic E-state index is -0.567. The van der Waals surface area contributed by atoms with Crippen LogP contribution in [0.25, 0.3) is 0 Å². The molecule has 1 unspecified atom stereocenters. The van der Waals surface area contributed by atoms with Crippen LogP contribution in [-0.2, 0) is 16.1 Å². The highest BCUT2D eigenvalue weighted by atomic mass is 16.5. The molecule has 2 aliphatic rings. The Balaban J connectivity index is 1.60. The van der Waals surface area contributed by atoms with Gasteiger partial charge in [-0.05, 0) is 37.5 Å². The van der Waals surface area contributed by atoms with E-state index < -0.39 is 5.91 Å². The van der Waals surface area contributed by atoms with Crippen molar-refractivity contribution >= 4 is 17.8 Å². The number of hydrogen-bond donors (Lipinski definition) is 3. The van der Waals surface area contributed by atoms with Gasteiger partial charge in [0.2, 0.25) is 5.91 Å².